The van der Waals surface area contributed by atoms with E-state index in [4.69, 9.17) is 0 Å². The molecular weight excluding hydrogens is 402 g/mol. The van der Waals surface area contributed by atoms with Gasteiger partial charge < -0.3 is 9.88 Å². The number of hydrogen-bond acceptors (Lipinski definition) is 3. The fourth-order valence-electron chi connectivity index (χ4n) is 4.17. The van der Waals surface area contributed by atoms with E-state index < -0.39 is 0 Å². The molecule has 0 spiro atoms. The number of nitrogens with one attached hydrogen (secondary N) is 1. The van der Waals surface area contributed by atoms with Crippen LogP contribution in [0.5, 0.6) is 0 Å². The summed E-state index contributed by atoms with van der Waals surface area (Å²) in [6.45, 7) is 12.5. The van der Waals surface area contributed by atoms with Gasteiger partial charge in [-0.2, -0.15) is 0 Å². The zero-order chi connectivity index (χ0) is 22.3. The van der Waals surface area contributed by atoms with Crippen molar-refractivity contribution in [2.24, 2.45) is 4.99 Å². The molecule has 2 heterocycles. The van der Waals surface area contributed by atoms with E-state index in [0.717, 1.165) is 39.5 Å². The lowest BCUT2D eigenvalue weighted by atomic mass is 10.1. The minimum Gasteiger partial charge on any atom is -0.318 e. The maximum absolute atomic E-state index is 12.6. The van der Waals surface area contributed by atoms with Crippen molar-refractivity contribution in [3.05, 3.63) is 86.6 Å². The maximum Gasteiger partial charge on any atom is 0.264 e. The SMILES string of the molecule is Cc1cc(C)cc(N=C2NC(=O)C(=Cc3cc(C)n(-c4cc(C)cc(C)c4)c3C)S2)c1. The molecule has 0 radical (unpaired) electrons. The Hall–Kier alpha value is -3.05. The second kappa shape index (κ2) is 8.23. The van der Waals surface area contributed by atoms with Crippen LogP contribution in [-0.2, 0) is 4.79 Å². The summed E-state index contributed by atoms with van der Waals surface area (Å²) in [7, 11) is 0. The van der Waals surface area contributed by atoms with Gasteiger partial charge in [0.05, 0.1) is 10.6 Å². The predicted octanol–water partition coefficient (Wildman–Crippen LogP) is 6.22. The molecule has 1 N–H and O–H groups in total. The monoisotopic (exact) mass is 429 g/mol. The molecule has 1 aliphatic heterocycles. The van der Waals surface area contributed by atoms with E-state index in [1.165, 1.54) is 22.9 Å². The Morgan fingerprint density at radius 2 is 1.42 bits per heavy atom. The molecule has 5 heteroatoms. The molecule has 1 fully saturated rings. The van der Waals surface area contributed by atoms with Crippen molar-refractivity contribution in [2.75, 3.05) is 0 Å². The number of amides is 1. The smallest absolute Gasteiger partial charge is 0.264 e. The number of aromatic nitrogens is 1. The summed E-state index contributed by atoms with van der Waals surface area (Å²) in [5.74, 6) is -0.107. The average Bonchev–Trinajstić information content (AvgIpc) is 3.12. The molecule has 3 aromatic rings. The van der Waals surface area contributed by atoms with Crippen LogP contribution in [0.25, 0.3) is 11.8 Å². The van der Waals surface area contributed by atoms with E-state index in [2.05, 4.69) is 72.9 Å². The highest BCUT2D eigenvalue weighted by atomic mass is 32.2. The van der Waals surface area contributed by atoms with Gasteiger partial charge in [-0.25, -0.2) is 4.99 Å². The molecule has 1 aromatic heterocycles. The van der Waals surface area contributed by atoms with Crippen LogP contribution in [0, 0.1) is 41.5 Å². The van der Waals surface area contributed by atoms with E-state index in [-0.39, 0.29) is 5.91 Å². The van der Waals surface area contributed by atoms with Crippen molar-refractivity contribution < 1.29 is 4.79 Å². The highest BCUT2D eigenvalue weighted by Crippen LogP contribution is 2.31. The first-order valence-corrected chi connectivity index (χ1v) is 11.2. The van der Waals surface area contributed by atoms with Crippen molar-refractivity contribution in [3.63, 3.8) is 0 Å². The fourth-order valence-corrected chi connectivity index (χ4v) is 5.00. The third kappa shape index (κ3) is 4.52. The highest BCUT2D eigenvalue weighted by Gasteiger charge is 2.24. The molecule has 2 aromatic carbocycles. The number of aryl methyl sites for hydroxylation is 5. The van der Waals surface area contributed by atoms with Gasteiger partial charge in [-0.1, -0.05) is 12.1 Å². The Bertz CT molecular complexity index is 1220. The Morgan fingerprint density at radius 3 is 2.03 bits per heavy atom. The zero-order valence-electron chi connectivity index (χ0n) is 18.8. The second-order valence-electron chi connectivity index (χ2n) is 8.34. The topological polar surface area (TPSA) is 46.4 Å². The van der Waals surface area contributed by atoms with Gasteiger partial charge in [0.25, 0.3) is 5.91 Å². The summed E-state index contributed by atoms with van der Waals surface area (Å²) in [6.07, 6.45) is 1.96. The minimum atomic E-state index is -0.107. The van der Waals surface area contributed by atoms with Crippen LogP contribution in [0.1, 0.15) is 39.2 Å². The molecule has 0 unspecified atom stereocenters. The van der Waals surface area contributed by atoms with Crippen molar-refractivity contribution in [1.29, 1.82) is 0 Å². The zero-order valence-corrected chi connectivity index (χ0v) is 19.6. The lowest BCUT2D eigenvalue weighted by molar-refractivity contribution is -0.115. The minimum absolute atomic E-state index is 0.107. The molecule has 0 saturated carbocycles. The van der Waals surface area contributed by atoms with E-state index >= 15 is 0 Å². The number of rotatable bonds is 3. The molecule has 1 saturated heterocycles. The van der Waals surface area contributed by atoms with E-state index in [9.17, 15) is 4.79 Å². The van der Waals surface area contributed by atoms with Crippen LogP contribution in [0.15, 0.2) is 52.4 Å². The van der Waals surface area contributed by atoms with Crippen LogP contribution in [0.2, 0.25) is 0 Å². The quantitative estimate of drug-likeness (QED) is 0.503. The third-order valence-electron chi connectivity index (χ3n) is 5.31. The molecular formula is C26H27N3OS. The van der Waals surface area contributed by atoms with E-state index in [1.807, 2.05) is 32.1 Å². The molecule has 0 aliphatic carbocycles. The number of thioether (sulfide) groups is 1. The summed E-state index contributed by atoms with van der Waals surface area (Å²) in [6, 6.07) is 14.8. The standard InChI is InChI=1S/C26H27N3OS/c1-15-7-16(2)10-22(9-15)27-26-28-25(30)24(31-26)14-21-13-19(5)29(20(21)6)23-11-17(3)8-18(4)12-23/h7-14H,1-6H3,(H,27,28,30). The van der Waals surface area contributed by atoms with Gasteiger partial charge in [-0.15, -0.1) is 0 Å². The number of hydrogen-bond donors (Lipinski definition) is 1. The second-order valence-corrected chi connectivity index (χ2v) is 9.37. The molecule has 4 nitrogen and oxygen atoms in total. The van der Waals surface area contributed by atoms with E-state index in [0.29, 0.717) is 10.1 Å². The molecule has 4 rings (SSSR count). The molecule has 31 heavy (non-hydrogen) atoms. The van der Waals surface area contributed by atoms with Crippen LogP contribution in [0.3, 0.4) is 0 Å². The normalized spacial score (nSPS) is 16.4. The predicted molar refractivity (Wildman–Crippen MR) is 131 cm³/mol. The Labute approximate surface area is 188 Å². The lowest BCUT2D eigenvalue weighted by Crippen LogP contribution is -2.19. The van der Waals surface area contributed by atoms with E-state index in [1.54, 1.807) is 0 Å². The van der Waals surface area contributed by atoms with Crippen LogP contribution >= 0.6 is 11.8 Å². The first-order chi connectivity index (χ1) is 14.7. The van der Waals surface area contributed by atoms with Gasteiger partial charge in [0.15, 0.2) is 5.17 Å². The Kier molecular flexibility index (Phi) is 5.63. The lowest BCUT2D eigenvalue weighted by Gasteiger charge is -2.12. The molecule has 0 atom stereocenters. The van der Waals surface area contributed by atoms with Gasteiger partial charge in [0.1, 0.15) is 0 Å². The Balaban J connectivity index is 1.66. The van der Waals surface area contributed by atoms with Gasteiger partial charge in [-0.3, -0.25) is 4.79 Å². The molecule has 158 valence electrons. The van der Waals surface area contributed by atoms with Crippen LogP contribution in [0.4, 0.5) is 5.69 Å². The van der Waals surface area contributed by atoms with Gasteiger partial charge >= 0.3 is 0 Å². The summed E-state index contributed by atoms with van der Waals surface area (Å²) in [4.78, 5) is 17.9. The summed E-state index contributed by atoms with van der Waals surface area (Å²) >= 11 is 1.39. The number of carbonyl (C=O) groups excluding carboxylic acids is 1. The average molecular weight is 430 g/mol. The van der Waals surface area contributed by atoms with Gasteiger partial charge in [-0.05, 0) is 118 Å². The molecule has 1 aliphatic rings. The summed E-state index contributed by atoms with van der Waals surface area (Å²) < 4.78 is 2.24. The van der Waals surface area contributed by atoms with Gasteiger partial charge in [0.2, 0.25) is 0 Å². The molecule has 1 amide bonds. The Morgan fingerprint density at radius 1 is 0.839 bits per heavy atom. The third-order valence-corrected chi connectivity index (χ3v) is 6.22. The maximum atomic E-state index is 12.6. The highest BCUT2D eigenvalue weighted by molar-refractivity contribution is 8.18. The summed E-state index contributed by atoms with van der Waals surface area (Å²) in [5.41, 5.74) is 10.1. The number of aliphatic imine (C=N–C) groups is 1. The fraction of sp³-hybridized carbons (Fsp3) is 0.231. The number of amidine groups is 1. The van der Waals surface area contributed by atoms with Crippen LogP contribution < -0.4 is 5.32 Å². The largest absolute Gasteiger partial charge is 0.318 e. The molecule has 0 bridgehead atoms. The number of nitrogens with zero attached hydrogens (tertiary/aromatic N) is 2. The van der Waals surface area contributed by atoms with Crippen molar-refractivity contribution in [3.8, 4) is 5.69 Å². The van der Waals surface area contributed by atoms with Gasteiger partial charge in [0, 0.05) is 17.1 Å². The van der Waals surface area contributed by atoms with Crippen LogP contribution in [-0.4, -0.2) is 15.6 Å². The van der Waals surface area contributed by atoms with Crippen molar-refractivity contribution in [1.82, 2.24) is 9.88 Å². The summed E-state index contributed by atoms with van der Waals surface area (Å²) in [5, 5.41) is 3.51. The first-order valence-electron chi connectivity index (χ1n) is 10.3. The number of carbonyl (C=O) groups is 1. The van der Waals surface area contributed by atoms with Crippen molar-refractivity contribution in [2.45, 2.75) is 41.5 Å². The number of benzene rings is 2. The van der Waals surface area contributed by atoms with Crippen molar-refractivity contribution >= 4 is 34.6 Å². The first kappa shape index (κ1) is 21.2.